The molecule has 0 aromatic carbocycles. The Hall–Kier alpha value is 1.85. The first-order valence-corrected chi connectivity index (χ1v) is 58.0. The number of carboxylic acid groups (broad SMARTS) is 1. The Bertz CT molecular complexity index is 3420. The Morgan fingerprint density at radius 2 is 1.01 bits per heavy atom. The van der Waals surface area contributed by atoms with Crippen LogP contribution in [-0.2, 0) is 246 Å². The zero-order valence-electron chi connectivity index (χ0n) is 40.8. The van der Waals surface area contributed by atoms with Gasteiger partial charge in [-0.3, -0.25) is 4.79 Å². The van der Waals surface area contributed by atoms with Crippen LogP contribution in [0.4, 0.5) is 11.6 Å². The molecule has 6 aliphatic rings. The number of halogens is 1. The first kappa shape index (κ1) is 71.3. The van der Waals surface area contributed by atoms with Gasteiger partial charge in [0.15, 0.2) is 6.10 Å². The number of carbonyl (C=O) groups is 2. The van der Waals surface area contributed by atoms with E-state index in [0.717, 1.165) is 87.7 Å². The van der Waals surface area contributed by atoms with E-state index in [0.29, 0.717) is 25.1 Å². The van der Waals surface area contributed by atoms with Crippen LogP contribution in [0, 0.1) is 23.8 Å². The molecule has 0 saturated carbocycles. The van der Waals surface area contributed by atoms with Crippen LogP contribution in [-0.4, -0.2) is 116 Å². The van der Waals surface area contributed by atoms with Gasteiger partial charge in [0.1, 0.15) is 25.8 Å². The van der Waals surface area contributed by atoms with Crippen LogP contribution in [0.2, 0.25) is 19.6 Å². The lowest BCUT2D eigenvalue weighted by Gasteiger charge is -2.42. The molecule has 11 nitrogen and oxygen atoms in total. The number of hydrogen-bond acceptors (Lipinski definition) is 11. The summed E-state index contributed by atoms with van der Waals surface area (Å²) < 4.78 is 10.4. The Balaban J connectivity index is 0.000000231. The average Bonchev–Trinajstić information content (AvgIpc) is 4.28. The maximum absolute atomic E-state index is 12.7. The first-order chi connectivity index (χ1) is 37.0. The normalized spacial score (nSPS) is 20.8. The van der Waals surface area contributed by atoms with Crippen LogP contribution >= 0.6 is 12.4 Å². The third-order valence-corrected chi connectivity index (χ3v) is 60.6. The van der Waals surface area contributed by atoms with Crippen LogP contribution in [0.3, 0.4) is 0 Å². The predicted molar refractivity (Wildman–Crippen MR) is 392 cm³/mol. The minimum atomic E-state index is -1.30. The van der Waals surface area contributed by atoms with Gasteiger partial charge >= 0.3 is 5.97 Å². The fraction of sp³-hybridized carbons (Fsp3) is 0.590. The van der Waals surface area contributed by atoms with Crippen molar-refractivity contribution >= 4 is 271 Å². The molecule has 6 atom stereocenters. The Labute approximate surface area is 534 Å². The maximum Gasteiger partial charge on any atom is 0.332 e. The predicted octanol–water partition coefficient (Wildman–Crippen LogP) is 4.28. The van der Waals surface area contributed by atoms with Gasteiger partial charge in [-0.15, -0.1) is 24.4 Å². The fourth-order valence-electron chi connectivity index (χ4n) is 7.95. The molecule has 8 rings (SSSR count). The van der Waals surface area contributed by atoms with Crippen molar-refractivity contribution in [2.75, 3.05) is 49.2 Å². The number of nitrogens with zero attached hydrogens (tertiary/aromatic N) is 5. The van der Waals surface area contributed by atoms with Crippen LogP contribution in [0.15, 0.2) is 36.7 Å². The number of aromatic nitrogens is 2. The van der Waals surface area contributed by atoms with Crippen molar-refractivity contribution in [3.05, 3.63) is 47.8 Å². The zero-order chi connectivity index (χ0) is 54.2. The maximum atomic E-state index is 12.7. The van der Waals surface area contributed by atoms with Crippen molar-refractivity contribution in [1.29, 1.82) is 0 Å². The molecule has 0 spiro atoms. The van der Waals surface area contributed by atoms with Crippen molar-refractivity contribution in [3.63, 3.8) is 0 Å². The SMILES string of the molecule is C#Cc1ccc(N2CC3CCC(C2)N3C(=O)[C@@H]2CCCO2)nc1.C[Si](C)(C)C#Cc1ccc(N2CC3CCC(C2)N3)nc1.Cl.O=C(O)[C@@H]1CCCO1.S=S=S=S=S=S=S=S=S=S=S=S=S=S=S=S=S=S=S=S=S=S=S=S=S. The second-order valence-electron chi connectivity index (χ2n) is 16.9. The van der Waals surface area contributed by atoms with Crippen molar-refractivity contribution < 1.29 is 24.2 Å². The molecule has 8 heterocycles. The molecule has 0 aliphatic carbocycles. The highest BCUT2D eigenvalue weighted by atomic mass is 35.5. The summed E-state index contributed by atoms with van der Waals surface area (Å²) in [6.45, 7) is 12.0. The number of carbonyl (C=O) groups excluding carboxylic acids is 1. The highest BCUT2D eigenvalue weighted by Gasteiger charge is 2.45. The molecule has 6 saturated heterocycles. The smallest absolute Gasteiger partial charge is 0.332 e. The number of nitrogens with one attached hydrogen (secondary N) is 1. The molecule has 4 unspecified atom stereocenters. The van der Waals surface area contributed by atoms with Gasteiger partial charge in [0.05, 0.1) is 0 Å². The number of hydrogen-bond donors (Lipinski definition) is 2. The lowest BCUT2D eigenvalue weighted by atomic mass is 10.1. The summed E-state index contributed by atoms with van der Waals surface area (Å²) in [4.78, 5) is 38.7. The minimum Gasteiger partial charge on any atom is -0.479 e. The third kappa shape index (κ3) is 29.2. The Morgan fingerprint density at radius 1 is 0.610 bits per heavy atom. The molecule has 4 bridgehead atoms. The average molecular weight is 1550 g/mol. The number of rotatable bonds is 4. The van der Waals surface area contributed by atoms with Gasteiger partial charge in [0.2, 0.25) is 0 Å². The molecule has 77 heavy (non-hydrogen) atoms. The molecular weight excluding hydrogens is 1500 g/mol. The number of amides is 1. The molecule has 38 heteroatoms. The number of fused-ring (bicyclic) bond motifs is 4. The number of ether oxygens (including phenoxy) is 2. The summed E-state index contributed by atoms with van der Waals surface area (Å²) in [5.74, 6) is 7.27. The topological polar surface area (TPSA) is 120 Å². The van der Waals surface area contributed by atoms with Gasteiger partial charge < -0.3 is 34.6 Å². The largest absolute Gasteiger partial charge is 0.479 e. The van der Waals surface area contributed by atoms with Gasteiger partial charge in [0, 0.05) is 314 Å². The number of piperazine rings is 2. The summed E-state index contributed by atoms with van der Waals surface area (Å²) >= 11 is 9.55. The zero-order valence-corrected chi connectivity index (χ0v) is 63.1. The van der Waals surface area contributed by atoms with E-state index in [1.165, 1.54) is 30.6 Å². The van der Waals surface area contributed by atoms with Gasteiger partial charge in [0.25, 0.3) is 5.91 Å². The van der Waals surface area contributed by atoms with E-state index in [9.17, 15) is 9.59 Å². The standard InChI is InChI=1S/C18H21N3O2.C16H23N3Si.C5H8O3.ClH.S25/c1-2-13-5-8-17(19-10-13)20-11-14-6-7-15(12-20)21(14)18(22)16-4-3-9-23-16;1-20(2,3)9-8-13-4-7-16(17-10-13)19-11-14-5-6-15(12-19)18-14;6-5(7)4-2-1-3-8-4;;1-3-5-7-9-11-13-15-17-19-21-23-25-24-22-20-18-16-14-12-10-8-6-4-2/h1,5,8,10,14-16H,3-4,6-7,9,11-12H2;4,7,10,14-15,18H,5-6,11-12H2,1-3H3;4H,1-3H2,(H,6,7);1H;/t14?,15?,16-;;4-;;/m0.0../s1. The molecule has 2 aromatic heterocycles. The van der Waals surface area contributed by atoms with E-state index in [2.05, 4.69) is 79.1 Å². The summed E-state index contributed by atoms with van der Waals surface area (Å²) in [6.07, 6.45) is 16.5. The van der Waals surface area contributed by atoms with Crippen molar-refractivity contribution in [3.8, 4) is 23.8 Å². The molecule has 2 aromatic rings. The molecule has 430 valence electrons. The van der Waals surface area contributed by atoms with Crippen LogP contribution in [0.1, 0.15) is 62.5 Å². The monoisotopic (exact) mass is 1550 g/mol. The number of pyridine rings is 2. The summed E-state index contributed by atoms with van der Waals surface area (Å²) in [7, 11) is 38.6. The van der Waals surface area contributed by atoms with E-state index >= 15 is 0 Å². The molecule has 6 fully saturated rings. The second-order valence-corrected chi connectivity index (χ2v) is 62.4. The van der Waals surface area contributed by atoms with Gasteiger partial charge in [-0.2, -0.15) is 0 Å². The van der Waals surface area contributed by atoms with Crippen LogP contribution in [0.25, 0.3) is 0 Å². The summed E-state index contributed by atoms with van der Waals surface area (Å²) in [5, 5.41) is 11.9. The summed E-state index contributed by atoms with van der Waals surface area (Å²) in [6, 6.07) is 10.0. The van der Waals surface area contributed by atoms with E-state index in [1.807, 2.05) is 80.5 Å². The highest BCUT2D eigenvalue weighted by molar-refractivity contribution is 8.79. The van der Waals surface area contributed by atoms with Crippen LogP contribution in [0.5, 0.6) is 0 Å². The van der Waals surface area contributed by atoms with Gasteiger partial charge in [-0.25, -0.2) is 14.8 Å². The quantitative estimate of drug-likeness (QED) is 0.336. The van der Waals surface area contributed by atoms with Crippen molar-refractivity contribution in [2.45, 2.75) is 107 Å². The lowest BCUT2D eigenvalue weighted by molar-refractivity contribution is -0.147. The minimum absolute atomic E-state index is 0. The molecule has 0 radical (unpaired) electrons. The number of aliphatic carboxylic acids is 1. The first-order valence-electron chi connectivity index (χ1n) is 22.5. The van der Waals surface area contributed by atoms with Gasteiger partial charge in [-0.05, 0) is 75.6 Å². The van der Waals surface area contributed by atoms with E-state index in [-0.39, 0.29) is 36.5 Å². The highest BCUT2D eigenvalue weighted by Crippen LogP contribution is 2.34. The number of terminal acetylenes is 1. The van der Waals surface area contributed by atoms with E-state index in [4.69, 9.17) is 43.4 Å². The third-order valence-electron chi connectivity index (χ3n) is 10.9. The van der Waals surface area contributed by atoms with Crippen LogP contribution < -0.4 is 15.1 Å². The second kappa shape index (κ2) is 42.6. The Kier molecular flexibility index (Phi) is 39.5. The van der Waals surface area contributed by atoms with Gasteiger partial charge in [-0.1, -0.05) is 31.5 Å². The molecule has 2 N–H and O–H groups in total. The molecule has 1 amide bonds. The van der Waals surface area contributed by atoms with Crippen molar-refractivity contribution in [2.24, 2.45) is 0 Å². The molecular formula is C39H53ClN6O5S25Si. The van der Waals surface area contributed by atoms with E-state index in [1.54, 1.807) is 131 Å². The van der Waals surface area contributed by atoms with Crippen molar-refractivity contribution in [1.82, 2.24) is 20.2 Å². The fourth-order valence-corrected chi connectivity index (χ4v) is 66.1. The Morgan fingerprint density at radius 3 is 1.35 bits per heavy atom. The number of anilines is 2. The summed E-state index contributed by atoms with van der Waals surface area (Å²) in [5.41, 5.74) is 5.22. The lowest BCUT2D eigenvalue weighted by Crippen LogP contribution is -2.58. The number of carboxylic acids is 1. The van der Waals surface area contributed by atoms with E-state index < -0.39 is 20.1 Å². The molecule has 6 aliphatic heterocycles.